The lowest BCUT2D eigenvalue weighted by molar-refractivity contribution is -0.142. The number of benzene rings is 1. The van der Waals surface area contributed by atoms with E-state index in [4.69, 9.17) is 4.74 Å². The van der Waals surface area contributed by atoms with Gasteiger partial charge in [0.1, 0.15) is 6.04 Å². The predicted octanol–water partition coefficient (Wildman–Crippen LogP) is 4.11. The zero-order chi connectivity index (χ0) is 37.0. The molecule has 3 N–H and O–H groups in total. The van der Waals surface area contributed by atoms with Gasteiger partial charge in [0, 0.05) is 25.4 Å². The summed E-state index contributed by atoms with van der Waals surface area (Å²) in [4.78, 5) is 69.7. The number of Topliss-reactive ketones (excluding diaryl/α,β-unsaturated/α-hetero) is 1. The fraction of sp³-hybridized carbons (Fsp3) is 0.658. The van der Waals surface area contributed by atoms with Crippen molar-refractivity contribution in [2.24, 2.45) is 16.7 Å². The molecule has 4 aliphatic rings. The van der Waals surface area contributed by atoms with E-state index in [2.05, 4.69) is 28.0 Å². The van der Waals surface area contributed by atoms with Gasteiger partial charge in [-0.25, -0.2) is 13.2 Å². The third-order valence-electron chi connectivity index (χ3n) is 10.8. The summed E-state index contributed by atoms with van der Waals surface area (Å²) < 4.78 is 33.0. The highest BCUT2D eigenvalue weighted by Crippen LogP contribution is 2.57. The van der Waals surface area contributed by atoms with Gasteiger partial charge in [0.15, 0.2) is 5.78 Å². The maximum Gasteiger partial charge on any atom is 0.407 e. The first-order chi connectivity index (χ1) is 24.1. The average Bonchev–Trinajstić information content (AvgIpc) is 4.00. The number of hydrogen-bond donors (Lipinski definition) is 3. The molecule has 12 nitrogen and oxygen atoms in total. The number of nitrogens with one attached hydrogen (secondary N) is 3. The summed E-state index contributed by atoms with van der Waals surface area (Å²) in [6, 6.07) is 5.51. The normalized spacial score (nSPS) is 28.6. The minimum absolute atomic E-state index is 0.0288. The number of hydrogen-bond acceptors (Lipinski definition) is 8. The Morgan fingerprint density at radius 1 is 1.00 bits per heavy atom. The minimum Gasteiger partial charge on any atom is -0.450 e. The van der Waals surface area contributed by atoms with Crippen LogP contribution >= 0.6 is 0 Å². The topological polar surface area (TPSA) is 168 Å². The number of amides is 4. The van der Waals surface area contributed by atoms with Gasteiger partial charge in [-0.15, -0.1) is 6.58 Å². The molecule has 2 aliphatic carbocycles. The maximum absolute atomic E-state index is 14.4. The Labute approximate surface area is 301 Å². The number of aryl methyl sites for hydroxylation is 2. The maximum atomic E-state index is 14.4. The van der Waals surface area contributed by atoms with E-state index in [1.54, 1.807) is 26.8 Å². The number of alkyl carbamates (subject to hydrolysis) is 1. The van der Waals surface area contributed by atoms with Crippen LogP contribution in [0.3, 0.4) is 0 Å². The molecule has 0 aromatic heterocycles. The number of rotatable bonds is 7. The van der Waals surface area contributed by atoms with Crippen molar-refractivity contribution < 1.29 is 37.1 Å². The predicted molar refractivity (Wildman–Crippen MR) is 192 cm³/mol. The number of carbonyl (C=O) groups is 5. The molecule has 0 radical (unpaired) electrons. The van der Waals surface area contributed by atoms with Crippen LogP contribution in [0.5, 0.6) is 0 Å². The van der Waals surface area contributed by atoms with Crippen LogP contribution < -0.4 is 15.4 Å². The van der Waals surface area contributed by atoms with Crippen LogP contribution in [0, 0.1) is 16.7 Å². The molecule has 0 spiro atoms. The number of ketones is 1. The first kappa shape index (κ1) is 38.5. The molecule has 2 saturated carbocycles. The van der Waals surface area contributed by atoms with Crippen molar-refractivity contribution in [2.75, 3.05) is 13.2 Å². The summed E-state index contributed by atoms with van der Waals surface area (Å²) in [6.07, 6.45) is 8.22. The standard InChI is InChI=1S/C38H54N4O8S/c1-5-27-22-38(27,35(46)41-51(48,49)29-17-18-29)23-31(43)30-21-28-24-42(30)34(45)33(37(2,3)4)40-36(47)50-20-12-8-6-7-9-13-25-14-10-11-15-26(25)16-19-32(44)39-28/h5,10-11,14-15,27-30,33H,1,6-9,12-13,16-24H2,2-4H3,(H,39,44)(H,40,47)(H,41,46)/t27-,28-,30+,33-,38-/m1/s1. The van der Waals surface area contributed by atoms with Crippen molar-refractivity contribution in [2.45, 2.75) is 128 Å². The van der Waals surface area contributed by atoms with Crippen LogP contribution in [-0.2, 0) is 46.8 Å². The van der Waals surface area contributed by atoms with Crippen molar-refractivity contribution in [3.63, 3.8) is 0 Å². The van der Waals surface area contributed by atoms with Crippen LogP contribution in [-0.4, -0.2) is 79.4 Å². The number of ether oxygens (including phenoxy) is 1. The van der Waals surface area contributed by atoms with Crippen LogP contribution in [0.2, 0.25) is 0 Å². The summed E-state index contributed by atoms with van der Waals surface area (Å²) in [5.41, 5.74) is 0.275. The SMILES string of the molecule is C=C[C@@H]1C[C@]1(CC(=O)[C@@H]1C[C@@H]2CN1C(=O)[C@H](C(C)(C)C)NC(=O)OCCCCCCCc1ccccc1CCC(=O)N2)C(=O)NS(=O)(=O)C1CC1. The van der Waals surface area contributed by atoms with Crippen LogP contribution in [0.15, 0.2) is 36.9 Å². The first-order valence-electron chi connectivity index (χ1n) is 18.5. The lowest BCUT2D eigenvalue weighted by Gasteiger charge is -2.35. The second-order valence-corrected chi connectivity index (χ2v) is 17.9. The van der Waals surface area contributed by atoms with Crippen LogP contribution in [0.4, 0.5) is 4.79 Å². The zero-order valence-electron chi connectivity index (χ0n) is 30.2. The van der Waals surface area contributed by atoms with Gasteiger partial charge < -0.3 is 20.3 Å². The molecule has 3 fully saturated rings. The molecule has 4 amide bonds. The van der Waals surface area contributed by atoms with E-state index in [0.717, 1.165) is 37.7 Å². The highest BCUT2D eigenvalue weighted by Gasteiger charge is 2.61. The smallest absolute Gasteiger partial charge is 0.407 e. The van der Waals surface area contributed by atoms with Gasteiger partial charge in [-0.1, -0.05) is 70.4 Å². The summed E-state index contributed by atoms with van der Waals surface area (Å²) in [5, 5.41) is 5.17. The Hall–Kier alpha value is -3.74. The van der Waals surface area contributed by atoms with E-state index < -0.39 is 73.8 Å². The molecular formula is C38H54N4O8S. The van der Waals surface area contributed by atoms with Gasteiger partial charge in [0.05, 0.1) is 23.3 Å². The Balaban J connectivity index is 1.38. The van der Waals surface area contributed by atoms with Crippen molar-refractivity contribution in [3.05, 3.63) is 48.0 Å². The lowest BCUT2D eigenvalue weighted by atomic mass is 9.85. The van der Waals surface area contributed by atoms with Gasteiger partial charge in [0.2, 0.25) is 27.7 Å². The molecule has 1 saturated heterocycles. The molecule has 13 heteroatoms. The van der Waals surface area contributed by atoms with Crippen LogP contribution in [0.1, 0.15) is 103 Å². The monoisotopic (exact) mass is 726 g/mol. The number of allylic oxidation sites excluding steroid dienone is 1. The van der Waals surface area contributed by atoms with Gasteiger partial charge in [-0.05, 0) is 73.8 Å². The highest BCUT2D eigenvalue weighted by atomic mass is 32.2. The number of sulfonamides is 1. The van der Waals surface area contributed by atoms with E-state index in [1.165, 1.54) is 10.5 Å². The number of nitrogens with zero attached hydrogens (tertiary/aromatic N) is 1. The Morgan fingerprint density at radius 2 is 1.67 bits per heavy atom. The fourth-order valence-electron chi connectivity index (χ4n) is 7.48. The Bertz CT molecular complexity index is 1620. The molecule has 1 aromatic rings. The van der Waals surface area contributed by atoms with E-state index >= 15 is 0 Å². The second-order valence-electron chi connectivity index (χ2n) is 15.9. The molecule has 5 atom stereocenters. The zero-order valence-corrected chi connectivity index (χ0v) is 31.0. The largest absolute Gasteiger partial charge is 0.450 e. The van der Waals surface area contributed by atoms with Crippen molar-refractivity contribution in [1.29, 1.82) is 0 Å². The molecule has 2 bridgehead atoms. The number of cyclic esters (lactones) is 1. The number of fused-ring (bicyclic) bond motifs is 3. The third-order valence-corrected chi connectivity index (χ3v) is 12.6. The first-order valence-corrected chi connectivity index (χ1v) is 20.0. The van der Waals surface area contributed by atoms with Gasteiger partial charge in [-0.2, -0.15) is 0 Å². The van der Waals surface area contributed by atoms with Crippen LogP contribution in [0.25, 0.3) is 0 Å². The minimum atomic E-state index is -3.85. The van der Waals surface area contributed by atoms with Gasteiger partial charge >= 0.3 is 6.09 Å². The van der Waals surface area contributed by atoms with Crippen molar-refractivity contribution >= 4 is 39.6 Å². The fourth-order valence-corrected chi connectivity index (χ4v) is 8.86. The van der Waals surface area contributed by atoms with Gasteiger partial charge in [0.25, 0.3) is 0 Å². The van der Waals surface area contributed by atoms with Gasteiger partial charge in [-0.3, -0.25) is 23.9 Å². The van der Waals surface area contributed by atoms with Crippen molar-refractivity contribution in [1.82, 2.24) is 20.3 Å². The average molecular weight is 727 g/mol. The summed E-state index contributed by atoms with van der Waals surface area (Å²) in [5.74, 6) is -2.25. The third kappa shape index (κ3) is 9.58. The summed E-state index contributed by atoms with van der Waals surface area (Å²) in [6.45, 7) is 9.45. The summed E-state index contributed by atoms with van der Waals surface area (Å²) in [7, 11) is -3.85. The van der Waals surface area contributed by atoms with E-state index in [0.29, 0.717) is 25.7 Å². The highest BCUT2D eigenvalue weighted by molar-refractivity contribution is 7.90. The van der Waals surface area contributed by atoms with E-state index in [9.17, 15) is 32.4 Å². The van der Waals surface area contributed by atoms with E-state index in [-0.39, 0.29) is 44.7 Å². The Kier molecular flexibility index (Phi) is 12.0. The molecule has 2 heterocycles. The van der Waals surface area contributed by atoms with Crippen molar-refractivity contribution in [3.8, 4) is 0 Å². The number of carbonyl (C=O) groups excluding carboxylic acids is 5. The summed E-state index contributed by atoms with van der Waals surface area (Å²) >= 11 is 0. The molecule has 2 aliphatic heterocycles. The molecule has 0 unspecified atom stereocenters. The van der Waals surface area contributed by atoms with E-state index in [1.807, 2.05) is 18.2 Å². The molecule has 5 rings (SSSR count). The quantitative estimate of drug-likeness (QED) is 0.353. The molecule has 280 valence electrons. The molecule has 1 aromatic carbocycles. The second kappa shape index (κ2) is 15.9. The lowest BCUT2D eigenvalue weighted by Crippen LogP contribution is -2.57. The molecule has 51 heavy (non-hydrogen) atoms. The molecular weight excluding hydrogens is 673 g/mol. The Morgan fingerprint density at radius 3 is 2.31 bits per heavy atom.